The Hall–Kier alpha value is 0.910. The van der Waals surface area contributed by atoms with E-state index in [-0.39, 0.29) is 5.41 Å². The first-order valence-corrected chi connectivity index (χ1v) is 11.8. The van der Waals surface area contributed by atoms with E-state index >= 15 is 0 Å². The quantitative estimate of drug-likeness (QED) is 0.491. The average molecular weight is 432 g/mol. The van der Waals surface area contributed by atoms with Gasteiger partial charge < -0.3 is 0 Å². The van der Waals surface area contributed by atoms with Crippen LogP contribution in [0.1, 0.15) is 52.4 Å². The molecule has 1 saturated heterocycles. The zero-order valence-electron chi connectivity index (χ0n) is 12.7. The van der Waals surface area contributed by atoms with Crippen LogP contribution in [-0.2, 0) is 9.84 Å². The summed E-state index contributed by atoms with van der Waals surface area (Å²) in [4.78, 5) is 0. The van der Waals surface area contributed by atoms with E-state index in [0.717, 1.165) is 23.5 Å². The summed E-state index contributed by atoms with van der Waals surface area (Å²) < 4.78 is 23.6. The lowest BCUT2D eigenvalue weighted by molar-refractivity contribution is 0.184. The lowest BCUT2D eigenvalue weighted by Gasteiger charge is -2.38. The Morgan fingerprint density at radius 2 is 1.90 bits per heavy atom. The third kappa shape index (κ3) is 4.98. The molecule has 0 amide bonds. The molecular weight excluding hydrogens is 404 g/mol. The second kappa shape index (κ2) is 8.52. The summed E-state index contributed by atoms with van der Waals surface area (Å²) in [5.74, 6) is 1.79. The van der Waals surface area contributed by atoms with Crippen molar-refractivity contribution in [1.82, 2.24) is 0 Å². The van der Waals surface area contributed by atoms with E-state index in [1.54, 1.807) is 0 Å². The summed E-state index contributed by atoms with van der Waals surface area (Å²) >= 11 is 7.36. The highest BCUT2D eigenvalue weighted by Gasteiger charge is 2.44. The van der Waals surface area contributed by atoms with Crippen molar-refractivity contribution in [2.45, 2.75) is 52.4 Å². The SMILES string of the molecule is CCCCC(CC)CC(CBr)(CBr)C1CCS(=O)(=O)C1. The number of halogens is 2. The van der Waals surface area contributed by atoms with Crippen molar-refractivity contribution in [3.63, 3.8) is 0 Å². The fourth-order valence-electron chi connectivity index (χ4n) is 3.33. The van der Waals surface area contributed by atoms with E-state index < -0.39 is 9.84 Å². The Bertz CT molecular complexity index is 377. The normalized spacial score (nSPS) is 23.9. The highest BCUT2D eigenvalue weighted by atomic mass is 79.9. The van der Waals surface area contributed by atoms with Gasteiger partial charge in [-0.25, -0.2) is 8.42 Å². The van der Waals surface area contributed by atoms with E-state index in [0.29, 0.717) is 23.3 Å². The van der Waals surface area contributed by atoms with Gasteiger partial charge in [0.2, 0.25) is 0 Å². The first kappa shape index (κ1) is 19.0. The van der Waals surface area contributed by atoms with Gasteiger partial charge in [0.05, 0.1) is 11.5 Å². The fourth-order valence-corrected chi connectivity index (χ4v) is 7.57. The molecule has 1 fully saturated rings. The third-order valence-electron chi connectivity index (χ3n) is 4.87. The smallest absolute Gasteiger partial charge is 0.150 e. The topological polar surface area (TPSA) is 34.1 Å². The summed E-state index contributed by atoms with van der Waals surface area (Å²) in [5, 5.41) is 1.79. The van der Waals surface area contributed by atoms with Crippen LogP contribution in [0.25, 0.3) is 0 Å². The van der Waals surface area contributed by atoms with Crippen molar-refractivity contribution >= 4 is 41.7 Å². The molecule has 0 spiro atoms. The molecule has 2 unspecified atom stereocenters. The first-order chi connectivity index (χ1) is 9.43. The number of hydrogen-bond acceptors (Lipinski definition) is 2. The third-order valence-corrected chi connectivity index (χ3v) is 8.87. The Morgan fingerprint density at radius 3 is 2.30 bits per heavy atom. The van der Waals surface area contributed by atoms with Crippen LogP contribution in [0.3, 0.4) is 0 Å². The maximum absolute atomic E-state index is 11.8. The molecule has 120 valence electrons. The number of rotatable bonds is 9. The molecule has 1 heterocycles. The average Bonchev–Trinajstić information content (AvgIpc) is 2.80. The summed E-state index contributed by atoms with van der Waals surface area (Å²) in [7, 11) is -2.80. The van der Waals surface area contributed by atoms with Crippen molar-refractivity contribution < 1.29 is 8.42 Å². The minimum atomic E-state index is -2.80. The van der Waals surface area contributed by atoms with Gasteiger partial charge in [-0.15, -0.1) is 0 Å². The molecule has 5 heteroatoms. The molecule has 0 aromatic heterocycles. The molecule has 2 nitrogen and oxygen atoms in total. The summed E-state index contributed by atoms with van der Waals surface area (Å²) in [6.07, 6.45) is 6.96. The van der Waals surface area contributed by atoms with Crippen molar-refractivity contribution in [3.8, 4) is 0 Å². The number of hydrogen-bond donors (Lipinski definition) is 0. The zero-order chi connectivity index (χ0) is 15.2. The molecule has 1 aliphatic heterocycles. The van der Waals surface area contributed by atoms with Gasteiger partial charge in [-0.2, -0.15) is 0 Å². The Balaban J connectivity index is 2.80. The van der Waals surface area contributed by atoms with E-state index in [9.17, 15) is 8.42 Å². The predicted molar refractivity (Wildman–Crippen MR) is 94.7 cm³/mol. The monoisotopic (exact) mass is 430 g/mol. The minimum Gasteiger partial charge on any atom is -0.229 e. The van der Waals surface area contributed by atoms with E-state index in [1.165, 1.54) is 25.7 Å². The second-order valence-electron chi connectivity index (χ2n) is 6.35. The maximum atomic E-state index is 11.8. The molecule has 1 rings (SSSR count). The van der Waals surface area contributed by atoms with Crippen LogP contribution < -0.4 is 0 Å². The zero-order valence-corrected chi connectivity index (χ0v) is 16.7. The van der Waals surface area contributed by atoms with Gasteiger partial charge >= 0.3 is 0 Å². The number of sulfone groups is 1. The lowest BCUT2D eigenvalue weighted by Crippen LogP contribution is -2.37. The van der Waals surface area contributed by atoms with Crippen molar-refractivity contribution in [2.24, 2.45) is 17.3 Å². The van der Waals surface area contributed by atoms with Gasteiger partial charge in [0, 0.05) is 10.7 Å². The molecule has 0 aromatic carbocycles. The van der Waals surface area contributed by atoms with E-state index in [1.807, 2.05) is 0 Å². The molecule has 0 bridgehead atoms. The van der Waals surface area contributed by atoms with Crippen LogP contribution in [-0.4, -0.2) is 30.6 Å². The Kier molecular flexibility index (Phi) is 8.07. The molecule has 1 aliphatic rings. The largest absolute Gasteiger partial charge is 0.229 e. The van der Waals surface area contributed by atoms with Crippen LogP contribution >= 0.6 is 31.9 Å². The summed E-state index contributed by atoms with van der Waals surface area (Å²) in [6, 6.07) is 0. The van der Waals surface area contributed by atoms with Gasteiger partial charge in [-0.1, -0.05) is 71.4 Å². The molecular formula is C15H28Br2O2S. The minimum absolute atomic E-state index is 0.0952. The van der Waals surface area contributed by atoms with Crippen molar-refractivity contribution in [3.05, 3.63) is 0 Å². The fraction of sp³-hybridized carbons (Fsp3) is 1.00. The highest BCUT2D eigenvalue weighted by Crippen LogP contribution is 2.45. The van der Waals surface area contributed by atoms with E-state index in [4.69, 9.17) is 0 Å². The molecule has 0 aromatic rings. The Morgan fingerprint density at radius 1 is 1.25 bits per heavy atom. The second-order valence-corrected chi connectivity index (χ2v) is 9.70. The van der Waals surface area contributed by atoms with Crippen LogP contribution in [0.5, 0.6) is 0 Å². The lowest BCUT2D eigenvalue weighted by atomic mass is 9.71. The highest BCUT2D eigenvalue weighted by molar-refractivity contribution is 9.09. The van der Waals surface area contributed by atoms with Gasteiger partial charge in [-0.05, 0) is 30.1 Å². The predicted octanol–water partition coefficient (Wildman–Crippen LogP) is 4.80. The van der Waals surface area contributed by atoms with Crippen LogP contribution in [0, 0.1) is 17.3 Å². The van der Waals surface area contributed by atoms with Crippen LogP contribution in [0.2, 0.25) is 0 Å². The van der Waals surface area contributed by atoms with Gasteiger partial charge in [0.15, 0.2) is 9.84 Å². The van der Waals surface area contributed by atoms with Gasteiger partial charge in [0.25, 0.3) is 0 Å². The van der Waals surface area contributed by atoms with Gasteiger partial charge in [0.1, 0.15) is 0 Å². The van der Waals surface area contributed by atoms with E-state index in [2.05, 4.69) is 45.7 Å². The molecule has 0 N–H and O–H groups in total. The van der Waals surface area contributed by atoms with Crippen molar-refractivity contribution in [1.29, 1.82) is 0 Å². The first-order valence-electron chi connectivity index (χ1n) is 7.75. The van der Waals surface area contributed by atoms with Crippen molar-refractivity contribution in [2.75, 3.05) is 22.2 Å². The summed E-state index contributed by atoms with van der Waals surface area (Å²) in [5.41, 5.74) is 0.0952. The van der Waals surface area contributed by atoms with Crippen LogP contribution in [0.4, 0.5) is 0 Å². The Labute approximate surface area is 141 Å². The number of unbranched alkanes of at least 4 members (excludes halogenated alkanes) is 1. The standard InChI is InChI=1S/C15H28Br2O2S/c1-3-5-6-13(4-2)9-15(11-16,12-17)14-7-8-20(18,19)10-14/h13-14H,3-12H2,1-2H3. The molecule has 0 saturated carbocycles. The molecule has 0 radical (unpaired) electrons. The summed E-state index contributed by atoms with van der Waals surface area (Å²) in [6.45, 7) is 4.50. The maximum Gasteiger partial charge on any atom is 0.150 e. The number of alkyl halides is 2. The molecule has 20 heavy (non-hydrogen) atoms. The molecule has 0 aliphatic carbocycles. The molecule has 2 atom stereocenters. The van der Waals surface area contributed by atoms with Gasteiger partial charge in [-0.3, -0.25) is 0 Å². The van der Waals surface area contributed by atoms with Crippen LogP contribution in [0.15, 0.2) is 0 Å².